The summed E-state index contributed by atoms with van der Waals surface area (Å²) in [6.45, 7) is 9.79. The maximum Gasteiger partial charge on any atom is 0.248 e. The van der Waals surface area contributed by atoms with Gasteiger partial charge in [0.25, 0.3) is 0 Å². The van der Waals surface area contributed by atoms with Crippen molar-refractivity contribution in [1.82, 2.24) is 10.2 Å². The average molecular weight is 568 g/mol. The number of amides is 2. The second-order valence-corrected chi connectivity index (χ2v) is 12.1. The predicted molar refractivity (Wildman–Crippen MR) is 169 cm³/mol. The zero-order valence-electron chi connectivity index (χ0n) is 24.6. The second kappa shape index (κ2) is 12.9. The van der Waals surface area contributed by atoms with E-state index >= 15 is 0 Å². The molecule has 8 nitrogen and oxygen atoms in total. The third-order valence-corrected chi connectivity index (χ3v) is 7.96. The highest BCUT2D eigenvalue weighted by Gasteiger charge is 2.38. The van der Waals surface area contributed by atoms with Crippen molar-refractivity contribution in [3.05, 3.63) is 95.6 Å². The minimum absolute atomic E-state index is 0.0401. The molecule has 220 valence electrons. The van der Waals surface area contributed by atoms with Crippen LogP contribution in [0.4, 0.5) is 17.1 Å². The van der Waals surface area contributed by atoms with Crippen molar-refractivity contribution in [3.63, 3.8) is 0 Å². The van der Waals surface area contributed by atoms with E-state index in [1.165, 1.54) is 11.6 Å². The molecular formula is C34H41N5O3. The number of ether oxygens (including phenoxy) is 1. The zero-order chi connectivity index (χ0) is 29.7. The van der Waals surface area contributed by atoms with Gasteiger partial charge < -0.3 is 26.4 Å². The van der Waals surface area contributed by atoms with Crippen molar-refractivity contribution in [2.45, 2.75) is 50.8 Å². The van der Waals surface area contributed by atoms with Crippen LogP contribution in [0.3, 0.4) is 0 Å². The molecule has 0 saturated carbocycles. The average Bonchev–Trinajstić information content (AvgIpc) is 3.59. The lowest BCUT2D eigenvalue weighted by Gasteiger charge is -2.27. The summed E-state index contributed by atoms with van der Waals surface area (Å²) in [6, 6.07) is 22.8. The van der Waals surface area contributed by atoms with Crippen LogP contribution in [0.25, 0.3) is 6.08 Å². The Labute approximate surface area is 248 Å². The number of carbonyl (C=O) groups excluding carboxylic acids is 2. The molecular weight excluding hydrogens is 526 g/mol. The van der Waals surface area contributed by atoms with Gasteiger partial charge in [-0.25, -0.2) is 0 Å². The highest BCUT2D eigenvalue weighted by atomic mass is 16.5. The Morgan fingerprint density at radius 3 is 2.40 bits per heavy atom. The van der Waals surface area contributed by atoms with Crippen molar-refractivity contribution >= 4 is 35.0 Å². The molecule has 5 N–H and O–H groups in total. The minimum Gasteiger partial charge on any atom is -0.397 e. The molecule has 5 rings (SSSR count). The van der Waals surface area contributed by atoms with Gasteiger partial charge in [0.1, 0.15) is 6.04 Å². The van der Waals surface area contributed by atoms with E-state index in [1.54, 1.807) is 18.2 Å². The van der Waals surface area contributed by atoms with Crippen molar-refractivity contribution < 1.29 is 14.3 Å². The number of benzene rings is 3. The van der Waals surface area contributed by atoms with Crippen LogP contribution in [-0.2, 0) is 19.7 Å². The fraction of sp³-hybridized carbons (Fsp3) is 0.353. The zero-order valence-corrected chi connectivity index (χ0v) is 24.6. The molecule has 3 atom stereocenters. The third kappa shape index (κ3) is 7.45. The number of likely N-dealkylation sites (tertiary alicyclic amines) is 1. The standard InChI is InChI=1S/C34H41N5O3/c1-34(2,3)25-13-15-26(16-14-25)37-33(41)32(36-18-19-39-21-28-20-27(39)22-42-28)24-11-8-23(9-12-24)10-17-31(40)38-30-7-5-4-6-29(30)35/h4-17,27-28,32,36H,18-22,35H2,1-3H3,(H,37,41)(H,38,40)/t27-,28-,32?/m0/s1. The Hall–Kier alpha value is -3.98. The number of nitrogens with two attached hydrogens (primary N) is 1. The van der Waals surface area contributed by atoms with Crippen molar-refractivity contribution in [2.24, 2.45) is 0 Å². The van der Waals surface area contributed by atoms with E-state index in [4.69, 9.17) is 10.5 Å². The van der Waals surface area contributed by atoms with Gasteiger partial charge in [-0.2, -0.15) is 0 Å². The lowest BCUT2D eigenvalue weighted by Crippen LogP contribution is -2.43. The summed E-state index contributed by atoms with van der Waals surface area (Å²) in [5.41, 5.74) is 10.7. The monoisotopic (exact) mass is 567 g/mol. The topological polar surface area (TPSA) is 109 Å². The van der Waals surface area contributed by atoms with E-state index in [9.17, 15) is 9.59 Å². The van der Waals surface area contributed by atoms with Gasteiger partial charge in [0.05, 0.1) is 24.1 Å². The maximum atomic E-state index is 13.6. The number of hydrogen-bond donors (Lipinski definition) is 4. The van der Waals surface area contributed by atoms with Crippen molar-refractivity contribution in [3.8, 4) is 0 Å². The Morgan fingerprint density at radius 2 is 1.76 bits per heavy atom. The van der Waals surface area contributed by atoms with Crippen LogP contribution in [0, 0.1) is 0 Å². The number of anilines is 3. The molecule has 2 heterocycles. The molecule has 2 saturated heterocycles. The van der Waals surface area contributed by atoms with Gasteiger partial charge >= 0.3 is 0 Å². The van der Waals surface area contributed by atoms with Gasteiger partial charge in [-0.15, -0.1) is 0 Å². The van der Waals surface area contributed by atoms with Gasteiger partial charge in [-0.1, -0.05) is 69.3 Å². The lowest BCUT2D eigenvalue weighted by molar-refractivity contribution is -0.118. The van der Waals surface area contributed by atoms with E-state index in [1.807, 2.05) is 48.5 Å². The van der Waals surface area contributed by atoms with Crippen molar-refractivity contribution in [2.75, 3.05) is 42.6 Å². The SMILES string of the molecule is CC(C)(C)c1ccc(NC(=O)C(NCCN2C[C@@H]3C[C@H]2CO3)c2ccc(C=CC(=O)Nc3ccccc3N)cc2)cc1. The largest absolute Gasteiger partial charge is 0.397 e. The summed E-state index contributed by atoms with van der Waals surface area (Å²) in [5.74, 6) is -0.387. The van der Waals surface area contributed by atoms with E-state index in [0.717, 1.165) is 42.9 Å². The first kappa shape index (κ1) is 29.5. The number of nitrogens with one attached hydrogen (secondary N) is 3. The molecule has 0 aromatic heterocycles. The van der Waals surface area contributed by atoms with Gasteiger partial charge in [-0.3, -0.25) is 14.5 Å². The molecule has 0 spiro atoms. The number of para-hydroxylation sites is 2. The number of carbonyl (C=O) groups is 2. The molecule has 3 aromatic carbocycles. The van der Waals surface area contributed by atoms with Gasteiger partial charge in [0.2, 0.25) is 11.8 Å². The third-order valence-electron chi connectivity index (χ3n) is 7.96. The Balaban J connectivity index is 1.25. The molecule has 2 fully saturated rings. The Morgan fingerprint density at radius 1 is 1.02 bits per heavy atom. The first-order valence-electron chi connectivity index (χ1n) is 14.6. The fourth-order valence-corrected chi connectivity index (χ4v) is 5.49. The normalized spacial score (nSPS) is 19.2. The molecule has 8 heteroatoms. The van der Waals surface area contributed by atoms with Gasteiger partial charge in [0, 0.05) is 37.4 Å². The molecule has 2 amide bonds. The van der Waals surface area contributed by atoms with E-state index in [2.05, 4.69) is 53.8 Å². The smallest absolute Gasteiger partial charge is 0.248 e. The molecule has 3 aromatic rings. The molecule has 0 radical (unpaired) electrons. The van der Waals surface area contributed by atoms with Gasteiger partial charge in [0.15, 0.2) is 0 Å². The molecule has 2 bridgehead atoms. The highest BCUT2D eigenvalue weighted by molar-refractivity contribution is 6.03. The predicted octanol–water partition coefficient (Wildman–Crippen LogP) is 4.96. The summed E-state index contributed by atoms with van der Waals surface area (Å²) in [4.78, 5) is 28.4. The number of nitrogens with zero attached hydrogens (tertiary/aromatic N) is 1. The van der Waals surface area contributed by atoms with E-state index in [0.29, 0.717) is 30.1 Å². The first-order chi connectivity index (χ1) is 20.2. The molecule has 42 heavy (non-hydrogen) atoms. The van der Waals surface area contributed by atoms with E-state index < -0.39 is 6.04 Å². The number of hydrogen-bond acceptors (Lipinski definition) is 6. The highest BCUT2D eigenvalue weighted by Crippen LogP contribution is 2.28. The van der Waals surface area contributed by atoms with E-state index in [-0.39, 0.29) is 17.2 Å². The van der Waals surface area contributed by atoms with Crippen LogP contribution < -0.4 is 21.7 Å². The lowest BCUT2D eigenvalue weighted by atomic mass is 9.87. The second-order valence-electron chi connectivity index (χ2n) is 12.1. The van der Waals surface area contributed by atoms with Crippen molar-refractivity contribution in [1.29, 1.82) is 0 Å². The van der Waals surface area contributed by atoms with Gasteiger partial charge in [-0.05, 0) is 58.9 Å². The first-order valence-corrected chi connectivity index (χ1v) is 14.6. The van der Waals surface area contributed by atoms with Crippen LogP contribution in [0.2, 0.25) is 0 Å². The summed E-state index contributed by atoms with van der Waals surface area (Å²) in [5, 5.41) is 9.38. The Bertz CT molecular complexity index is 1410. The molecule has 2 aliphatic rings. The van der Waals surface area contributed by atoms with Crippen LogP contribution in [0.15, 0.2) is 78.9 Å². The Kier molecular flexibility index (Phi) is 9.06. The number of nitrogen functional groups attached to an aromatic ring is 1. The summed E-state index contributed by atoms with van der Waals surface area (Å²) in [7, 11) is 0. The summed E-state index contributed by atoms with van der Waals surface area (Å²) in [6.07, 6.45) is 4.65. The number of rotatable bonds is 10. The minimum atomic E-state index is -0.536. The summed E-state index contributed by atoms with van der Waals surface area (Å²) >= 11 is 0. The number of morpholine rings is 1. The number of fused-ring (bicyclic) bond motifs is 2. The summed E-state index contributed by atoms with van der Waals surface area (Å²) < 4.78 is 5.73. The molecule has 0 aliphatic carbocycles. The van der Waals surface area contributed by atoms with Crippen LogP contribution >= 0.6 is 0 Å². The quantitative estimate of drug-likeness (QED) is 0.204. The van der Waals surface area contributed by atoms with Crippen LogP contribution in [0.5, 0.6) is 0 Å². The van der Waals surface area contributed by atoms with Crippen LogP contribution in [0.1, 0.15) is 49.9 Å². The maximum absolute atomic E-state index is 13.6. The molecule has 1 unspecified atom stereocenters. The molecule has 2 aliphatic heterocycles. The fourth-order valence-electron chi connectivity index (χ4n) is 5.49. The van der Waals surface area contributed by atoms with Crippen LogP contribution in [-0.4, -0.2) is 55.1 Å².